The Morgan fingerprint density at radius 1 is 1.19 bits per heavy atom. The van der Waals surface area contributed by atoms with Gasteiger partial charge in [-0.3, -0.25) is 0 Å². The molecule has 27 heavy (non-hydrogen) atoms. The third kappa shape index (κ3) is 8.63. The number of hydrogen-bond donors (Lipinski definition) is 2. The van der Waals surface area contributed by atoms with Crippen LogP contribution in [0.4, 0.5) is 5.69 Å². The average Bonchev–Trinajstić information content (AvgIpc) is 2.69. The number of nitrogens with one attached hydrogen (secondary N) is 2. The van der Waals surface area contributed by atoms with Gasteiger partial charge in [-0.25, -0.2) is 4.99 Å². The molecule has 2 rings (SSSR count). The molecule has 0 saturated carbocycles. The molecule has 1 aromatic rings. The number of ether oxygens (including phenoxy) is 2. The van der Waals surface area contributed by atoms with Crippen LogP contribution in [-0.4, -0.2) is 58.6 Å². The second-order valence-corrected chi connectivity index (χ2v) is 7.21. The van der Waals surface area contributed by atoms with Crippen molar-refractivity contribution in [1.29, 1.82) is 0 Å². The van der Waals surface area contributed by atoms with Crippen LogP contribution in [0.25, 0.3) is 0 Å². The van der Waals surface area contributed by atoms with E-state index in [1.165, 1.54) is 11.3 Å². The maximum absolute atomic E-state index is 5.62. The van der Waals surface area contributed by atoms with Gasteiger partial charge in [0, 0.05) is 45.1 Å². The Kier molecular flexibility index (Phi) is 10.0. The molecule has 0 radical (unpaired) electrons. The smallest absolute Gasteiger partial charge is 0.191 e. The van der Waals surface area contributed by atoms with Gasteiger partial charge in [-0.05, 0) is 37.0 Å². The van der Waals surface area contributed by atoms with Crippen LogP contribution in [0.5, 0.6) is 0 Å². The second kappa shape index (κ2) is 12.6. The minimum absolute atomic E-state index is 0.589. The van der Waals surface area contributed by atoms with E-state index in [9.17, 15) is 0 Å². The van der Waals surface area contributed by atoms with Crippen molar-refractivity contribution < 1.29 is 9.47 Å². The van der Waals surface area contributed by atoms with Gasteiger partial charge in [-0.2, -0.15) is 0 Å². The molecule has 0 amide bonds. The first-order valence-corrected chi connectivity index (χ1v) is 10.2. The van der Waals surface area contributed by atoms with Crippen molar-refractivity contribution in [2.45, 2.75) is 33.7 Å². The molecule has 0 aromatic heterocycles. The van der Waals surface area contributed by atoms with Crippen LogP contribution in [0.15, 0.2) is 29.3 Å². The summed E-state index contributed by atoms with van der Waals surface area (Å²) < 4.78 is 11.0. The van der Waals surface area contributed by atoms with Gasteiger partial charge in [0.1, 0.15) is 0 Å². The SMILES string of the molecule is CCNC(=NCc1ccc(N2CCOCC2)cc1)NCCCOCC(C)C. The number of morpholine rings is 1. The van der Waals surface area contributed by atoms with Crippen molar-refractivity contribution in [1.82, 2.24) is 10.6 Å². The summed E-state index contributed by atoms with van der Waals surface area (Å²) in [5, 5.41) is 6.68. The van der Waals surface area contributed by atoms with Crippen molar-refractivity contribution in [2.75, 3.05) is 57.5 Å². The molecule has 0 bridgehead atoms. The Morgan fingerprint density at radius 2 is 1.93 bits per heavy atom. The molecule has 1 saturated heterocycles. The van der Waals surface area contributed by atoms with E-state index in [-0.39, 0.29) is 0 Å². The highest BCUT2D eigenvalue weighted by atomic mass is 16.5. The first kappa shape index (κ1) is 21.5. The summed E-state index contributed by atoms with van der Waals surface area (Å²) in [5.74, 6) is 1.45. The number of guanidine groups is 1. The first-order chi connectivity index (χ1) is 13.2. The molecule has 6 nitrogen and oxygen atoms in total. The molecule has 6 heteroatoms. The topological polar surface area (TPSA) is 58.1 Å². The van der Waals surface area contributed by atoms with E-state index in [2.05, 4.69) is 60.6 Å². The molecule has 1 heterocycles. The number of aliphatic imine (C=N–C) groups is 1. The predicted molar refractivity (Wildman–Crippen MR) is 113 cm³/mol. The standard InChI is InChI=1S/C21H36N4O2/c1-4-22-21(23-10-5-13-27-17-18(2)3)24-16-19-6-8-20(9-7-19)25-11-14-26-15-12-25/h6-9,18H,4-5,10-17H2,1-3H3,(H2,22,23,24). The van der Waals surface area contributed by atoms with E-state index in [1.807, 2.05) is 0 Å². The Labute approximate surface area is 164 Å². The zero-order valence-electron chi connectivity index (χ0n) is 17.2. The highest BCUT2D eigenvalue weighted by Gasteiger charge is 2.10. The molecule has 1 aliphatic heterocycles. The predicted octanol–water partition coefficient (Wildman–Crippen LogP) is 2.64. The average molecular weight is 377 g/mol. The number of benzene rings is 1. The molecule has 1 aliphatic rings. The highest BCUT2D eigenvalue weighted by Crippen LogP contribution is 2.17. The second-order valence-electron chi connectivity index (χ2n) is 7.21. The van der Waals surface area contributed by atoms with Crippen molar-refractivity contribution >= 4 is 11.6 Å². The summed E-state index contributed by atoms with van der Waals surface area (Å²) in [6.45, 7) is 14.0. The van der Waals surface area contributed by atoms with Crippen LogP contribution in [0.3, 0.4) is 0 Å². The Balaban J connectivity index is 1.75. The van der Waals surface area contributed by atoms with Crippen molar-refractivity contribution in [3.05, 3.63) is 29.8 Å². The quantitative estimate of drug-likeness (QED) is 0.373. The van der Waals surface area contributed by atoms with Gasteiger partial charge in [0.15, 0.2) is 5.96 Å². The molecule has 152 valence electrons. The molecule has 2 N–H and O–H groups in total. The lowest BCUT2D eigenvalue weighted by atomic mass is 10.2. The van der Waals surface area contributed by atoms with Crippen molar-refractivity contribution in [2.24, 2.45) is 10.9 Å². The van der Waals surface area contributed by atoms with Crippen LogP contribution in [0, 0.1) is 5.92 Å². The third-order valence-electron chi connectivity index (χ3n) is 4.29. The van der Waals surface area contributed by atoms with Crippen LogP contribution in [0.1, 0.15) is 32.8 Å². The van der Waals surface area contributed by atoms with Crippen LogP contribution >= 0.6 is 0 Å². The molecular formula is C21H36N4O2. The number of nitrogens with zero attached hydrogens (tertiary/aromatic N) is 2. The van der Waals surface area contributed by atoms with Gasteiger partial charge >= 0.3 is 0 Å². The van der Waals surface area contributed by atoms with Crippen LogP contribution < -0.4 is 15.5 Å². The molecule has 1 aromatic carbocycles. The number of anilines is 1. The molecular weight excluding hydrogens is 340 g/mol. The van der Waals surface area contributed by atoms with Gasteiger partial charge in [-0.15, -0.1) is 0 Å². The zero-order valence-corrected chi connectivity index (χ0v) is 17.2. The summed E-state index contributed by atoms with van der Waals surface area (Å²) in [7, 11) is 0. The lowest BCUT2D eigenvalue weighted by molar-refractivity contribution is 0.108. The van der Waals surface area contributed by atoms with E-state index in [4.69, 9.17) is 14.5 Å². The summed E-state index contributed by atoms with van der Waals surface area (Å²) in [5.41, 5.74) is 2.47. The monoisotopic (exact) mass is 376 g/mol. The maximum atomic E-state index is 5.62. The fraction of sp³-hybridized carbons (Fsp3) is 0.667. The largest absolute Gasteiger partial charge is 0.381 e. The minimum Gasteiger partial charge on any atom is -0.381 e. The van der Waals surface area contributed by atoms with E-state index >= 15 is 0 Å². The van der Waals surface area contributed by atoms with E-state index < -0.39 is 0 Å². The van der Waals surface area contributed by atoms with Gasteiger partial charge in [-0.1, -0.05) is 26.0 Å². The fourth-order valence-corrected chi connectivity index (χ4v) is 2.85. The summed E-state index contributed by atoms with van der Waals surface area (Å²) in [4.78, 5) is 7.06. The van der Waals surface area contributed by atoms with Crippen molar-refractivity contribution in [3.8, 4) is 0 Å². The lowest BCUT2D eigenvalue weighted by Crippen LogP contribution is -2.38. The van der Waals surface area contributed by atoms with Gasteiger partial charge in [0.25, 0.3) is 0 Å². The summed E-state index contributed by atoms with van der Waals surface area (Å²) in [6.07, 6.45) is 0.978. The van der Waals surface area contributed by atoms with E-state index in [0.29, 0.717) is 12.5 Å². The van der Waals surface area contributed by atoms with Gasteiger partial charge < -0.3 is 25.0 Å². The molecule has 0 unspecified atom stereocenters. The van der Waals surface area contributed by atoms with Crippen LogP contribution in [-0.2, 0) is 16.0 Å². The van der Waals surface area contributed by atoms with E-state index in [1.54, 1.807) is 0 Å². The fourth-order valence-electron chi connectivity index (χ4n) is 2.85. The minimum atomic E-state index is 0.589. The zero-order chi connectivity index (χ0) is 19.3. The number of rotatable bonds is 10. The summed E-state index contributed by atoms with van der Waals surface area (Å²) >= 11 is 0. The Hall–Kier alpha value is -1.79. The Bertz CT molecular complexity index is 540. The van der Waals surface area contributed by atoms with Crippen LogP contribution in [0.2, 0.25) is 0 Å². The highest BCUT2D eigenvalue weighted by molar-refractivity contribution is 5.79. The van der Waals surface area contributed by atoms with Crippen molar-refractivity contribution in [3.63, 3.8) is 0 Å². The normalized spacial score (nSPS) is 15.3. The third-order valence-corrected chi connectivity index (χ3v) is 4.29. The van der Waals surface area contributed by atoms with Gasteiger partial charge in [0.2, 0.25) is 0 Å². The lowest BCUT2D eigenvalue weighted by Gasteiger charge is -2.28. The molecule has 0 spiro atoms. The Morgan fingerprint density at radius 3 is 2.59 bits per heavy atom. The molecule has 0 aliphatic carbocycles. The summed E-state index contributed by atoms with van der Waals surface area (Å²) in [6, 6.07) is 8.69. The molecule has 0 atom stereocenters. The number of hydrogen-bond acceptors (Lipinski definition) is 4. The first-order valence-electron chi connectivity index (χ1n) is 10.2. The van der Waals surface area contributed by atoms with E-state index in [0.717, 1.165) is 65.0 Å². The maximum Gasteiger partial charge on any atom is 0.191 e. The van der Waals surface area contributed by atoms with Gasteiger partial charge in [0.05, 0.1) is 19.8 Å². The molecule has 1 fully saturated rings.